The Kier molecular flexibility index (Phi) is 6.22. The van der Waals surface area contributed by atoms with Crippen LogP contribution < -0.4 is 4.72 Å². The van der Waals surface area contributed by atoms with Crippen molar-refractivity contribution in [3.05, 3.63) is 14.7 Å². The summed E-state index contributed by atoms with van der Waals surface area (Å²) in [5.74, 6) is 0. The molecule has 1 aliphatic heterocycles. The first kappa shape index (κ1) is 17.4. The van der Waals surface area contributed by atoms with Gasteiger partial charge in [-0.15, -0.1) is 11.3 Å². The highest BCUT2D eigenvalue weighted by atomic mass is 79.9. The van der Waals surface area contributed by atoms with Gasteiger partial charge in [-0.05, 0) is 54.9 Å². The summed E-state index contributed by atoms with van der Waals surface area (Å²) >= 11 is 4.50. The molecule has 21 heavy (non-hydrogen) atoms. The lowest BCUT2D eigenvalue weighted by Crippen LogP contribution is -2.43. The molecule has 0 aliphatic carbocycles. The van der Waals surface area contributed by atoms with Crippen LogP contribution in [0.15, 0.2) is 14.7 Å². The Morgan fingerprint density at radius 2 is 2.10 bits per heavy atom. The number of aliphatic hydroxyl groups is 1. The summed E-state index contributed by atoms with van der Waals surface area (Å²) < 4.78 is 28.1. The zero-order chi connectivity index (χ0) is 15.5. The first-order valence-electron chi connectivity index (χ1n) is 7.06. The van der Waals surface area contributed by atoms with Gasteiger partial charge in [0.15, 0.2) is 0 Å². The van der Waals surface area contributed by atoms with Crippen molar-refractivity contribution in [1.29, 1.82) is 0 Å². The first-order chi connectivity index (χ1) is 9.92. The molecule has 0 aromatic carbocycles. The Hall–Kier alpha value is 0.01000. The molecule has 1 aromatic rings. The predicted octanol–water partition coefficient (Wildman–Crippen LogP) is 2.16. The normalized spacial score (nSPS) is 18.8. The van der Waals surface area contributed by atoms with Crippen molar-refractivity contribution in [1.82, 2.24) is 9.62 Å². The standard InChI is InChI=1S/C13H21BrN2O3S2/c1-10(8-16-5-3-2-4-6-16)15-21(18,19)12-7-11(9-17)20-13(12)14/h7,10,15,17H,2-6,8-9H2,1H3. The number of rotatable bonds is 6. The smallest absolute Gasteiger partial charge is 0.242 e. The number of hydrogen-bond donors (Lipinski definition) is 2. The number of aliphatic hydroxyl groups excluding tert-OH is 1. The molecule has 2 N–H and O–H groups in total. The summed E-state index contributed by atoms with van der Waals surface area (Å²) in [5.41, 5.74) is 0. The second-order valence-electron chi connectivity index (χ2n) is 5.39. The largest absolute Gasteiger partial charge is 0.391 e. The van der Waals surface area contributed by atoms with Crippen molar-refractivity contribution in [2.24, 2.45) is 0 Å². The van der Waals surface area contributed by atoms with Gasteiger partial charge in [-0.1, -0.05) is 6.42 Å². The van der Waals surface area contributed by atoms with E-state index >= 15 is 0 Å². The first-order valence-corrected chi connectivity index (χ1v) is 10.2. The Labute approximate surface area is 138 Å². The van der Waals surface area contributed by atoms with Crippen LogP contribution >= 0.6 is 27.3 Å². The molecule has 5 nitrogen and oxygen atoms in total. The van der Waals surface area contributed by atoms with Crippen LogP contribution in [0.5, 0.6) is 0 Å². The van der Waals surface area contributed by atoms with Crippen molar-refractivity contribution in [2.75, 3.05) is 19.6 Å². The summed E-state index contributed by atoms with van der Waals surface area (Å²) in [5, 5.41) is 9.11. The quantitative estimate of drug-likeness (QED) is 0.772. The van der Waals surface area contributed by atoms with Crippen LogP contribution in [0.25, 0.3) is 0 Å². The minimum Gasteiger partial charge on any atom is -0.391 e. The predicted molar refractivity (Wildman–Crippen MR) is 88.0 cm³/mol. The molecule has 8 heteroatoms. The van der Waals surface area contributed by atoms with Gasteiger partial charge < -0.3 is 10.0 Å². The van der Waals surface area contributed by atoms with E-state index in [2.05, 4.69) is 25.6 Å². The third-order valence-electron chi connectivity index (χ3n) is 3.49. The van der Waals surface area contributed by atoms with Gasteiger partial charge in [0.2, 0.25) is 10.0 Å². The molecule has 2 heterocycles. The van der Waals surface area contributed by atoms with Crippen molar-refractivity contribution in [3.8, 4) is 0 Å². The van der Waals surface area contributed by atoms with Crippen molar-refractivity contribution >= 4 is 37.3 Å². The number of nitrogens with zero attached hydrogens (tertiary/aromatic N) is 1. The van der Waals surface area contributed by atoms with E-state index in [1.807, 2.05) is 6.92 Å². The van der Waals surface area contributed by atoms with Crippen LogP contribution in [0.4, 0.5) is 0 Å². The van der Waals surface area contributed by atoms with Gasteiger partial charge >= 0.3 is 0 Å². The molecule has 1 aromatic heterocycles. The third-order valence-corrected chi connectivity index (χ3v) is 7.32. The average molecular weight is 397 g/mol. The highest BCUT2D eigenvalue weighted by molar-refractivity contribution is 9.11. The lowest BCUT2D eigenvalue weighted by molar-refractivity contribution is 0.215. The highest BCUT2D eigenvalue weighted by Crippen LogP contribution is 2.31. The van der Waals surface area contributed by atoms with Crippen LogP contribution in [0.2, 0.25) is 0 Å². The van der Waals surface area contributed by atoms with Crippen LogP contribution in [0, 0.1) is 0 Å². The van der Waals surface area contributed by atoms with E-state index in [0.29, 0.717) is 8.66 Å². The van der Waals surface area contributed by atoms with Crippen molar-refractivity contribution in [2.45, 2.75) is 43.7 Å². The molecule has 0 spiro atoms. The summed E-state index contributed by atoms with van der Waals surface area (Å²) in [6, 6.07) is 1.38. The van der Waals surface area contributed by atoms with Crippen LogP contribution in [-0.4, -0.2) is 44.1 Å². The second kappa shape index (κ2) is 7.52. The van der Waals surface area contributed by atoms with E-state index in [0.717, 1.165) is 19.6 Å². The second-order valence-corrected chi connectivity index (χ2v) is 9.53. The van der Waals surface area contributed by atoms with Crippen LogP contribution in [0.3, 0.4) is 0 Å². The Morgan fingerprint density at radius 1 is 1.43 bits per heavy atom. The Balaban J connectivity index is 2.00. The lowest BCUT2D eigenvalue weighted by atomic mass is 10.1. The van der Waals surface area contributed by atoms with E-state index in [-0.39, 0.29) is 17.5 Å². The van der Waals surface area contributed by atoms with Crippen LogP contribution in [0.1, 0.15) is 31.1 Å². The van der Waals surface area contributed by atoms with Gasteiger partial charge in [0.05, 0.1) is 10.4 Å². The molecule has 1 fully saturated rings. The zero-order valence-electron chi connectivity index (χ0n) is 12.0. The molecule has 1 saturated heterocycles. The van der Waals surface area contributed by atoms with Gasteiger partial charge in [0, 0.05) is 17.5 Å². The Bertz CT molecular complexity index is 568. The molecule has 0 saturated carbocycles. The number of piperidine rings is 1. The third kappa shape index (κ3) is 4.74. The van der Waals surface area contributed by atoms with Crippen LogP contribution in [-0.2, 0) is 16.6 Å². The fraction of sp³-hybridized carbons (Fsp3) is 0.692. The van der Waals surface area contributed by atoms with Crippen molar-refractivity contribution < 1.29 is 13.5 Å². The molecular formula is C13H21BrN2O3S2. The number of hydrogen-bond acceptors (Lipinski definition) is 5. The molecule has 1 aliphatic rings. The van der Waals surface area contributed by atoms with Gasteiger partial charge in [0.25, 0.3) is 0 Å². The SMILES string of the molecule is CC(CN1CCCCC1)NS(=O)(=O)c1cc(CO)sc1Br. The van der Waals surface area contributed by atoms with E-state index in [1.54, 1.807) is 0 Å². The van der Waals surface area contributed by atoms with E-state index < -0.39 is 10.0 Å². The molecule has 1 unspecified atom stereocenters. The summed E-state index contributed by atoms with van der Waals surface area (Å²) in [6.45, 7) is 4.56. The van der Waals surface area contributed by atoms with Crippen molar-refractivity contribution in [3.63, 3.8) is 0 Å². The van der Waals surface area contributed by atoms with Gasteiger partial charge in [-0.2, -0.15) is 0 Å². The summed E-state index contributed by atoms with van der Waals surface area (Å²) in [7, 11) is -3.55. The maximum atomic E-state index is 12.4. The maximum absolute atomic E-state index is 12.4. The molecule has 0 radical (unpaired) electrons. The monoisotopic (exact) mass is 396 g/mol. The van der Waals surface area contributed by atoms with E-state index in [4.69, 9.17) is 5.11 Å². The fourth-order valence-corrected chi connectivity index (χ4v) is 6.33. The Morgan fingerprint density at radius 3 is 2.67 bits per heavy atom. The summed E-state index contributed by atoms with van der Waals surface area (Å²) in [4.78, 5) is 3.14. The topological polar surface area (TPSA) is 69.6 Å². The molecule has 0 amide bonds. The molecule has 120 valence electrons. The van der Waals surface area contributed by atoms with Gasteiger partial charge in [-0.3, -0.25) is 0 Å². The zero-order valence-corrected chi connectivity index (χ0v) is 15.2. The van der Waals surface area contributed by atoms with E-state index in [9.17, 15) is 8.42 Å². The maximum Gasteiger partial charge on any atom is 0.242 e. The highest BCUT2D eigenvalue weighted by Gasteiger charge is 2.24. The lowest BCUT2D eigenvalue weighted by Gasteiger charge is -2.29. The number of sulfonamides is 1. The molecule has 1 atom stereocenters. The number of nitrogens with one attached hydrogen (secondary N) is 1. The summed E-state index contributed by atoms with van der Waals surface area (Å²) in [6.07, 6.45) is 3.65. The molecule has 0 bridgehead atoms. The van der Waals surface area contributed by atoms with Gasteiger partial charge in [0.1, 0.15) is 4.90 Å². The molecule has 2 rings (SSSR count). The minimum atomic E-state index is -3.55. The number of likely N-dealkylation sites (tertiary alicyclic amines) is 1. The van der Waals surface area contributed by atoms with E-state index in [1.165, 1.54) is 36.7 Å². The average Bonchev–Trinajstić information content (AvgIpc) is 2.81. The number of thiophene rings is 1. The number of halogens is 1. The molecular weight excluding hydrogens is 376 g/mol. The fourth-order valence-electron chi connectivity index (χ4n) is 2.55. The van der Waals surface area contributed by atoms with Gasteiger partial charge in [-0.25, -0.2) is 13.1 Å². The minimum absolute atomic E-state index is 0.141.